The Balaban J connectivity index is 0.846. The van der Waals surface area contributed by atoms with Gasteiger partial charge in [0.2, 0.25) is 11.6 Å². The summed E-state index contributed by atoms with van der Waals surface area (Å²) in [7, 11) is 3.96. The second-order valence-electron chi connectivity index (χ2n) is 19.3. The Morgan fingerprint density at radius 2 is 0.970 bits per heavy atom. The number of anilines is 2. The van der Waals surface area contributed by atoms with Crippen molar-refractivity contribution in [1.82, 2.24) is 0 Å². The molecular weight excluding hydrogens is 853 g/mol. The predicted molar refractivity (Wildman–Crippen MR) is 274 cm³/mol. The summed E-state index contributed by atoms with van der Waals surface area (Å²) >= 11 is 3.13. The summed E-state index contributed by atoms with van der Waals surface area (Å²) in [6.45, 7) is 13.3. The van der Waals surface area contributed by atoms with Crippen molar-refractivity contribution < 1.29 is 19.8 Å². The second-order valence-corrected chi connectivity index (χ2v) is 21.5. The van der Waals surface area contributed by atoms with Crippen LogP contribution in [-0.4, -0.2) is 35.9 Å². The molecule has 2 heterocycles. The molecule has 8 heteroatoms. The van der Waals surface area contributed by atoms with Gasteiger partial charge in [-0.2, -0.15) is 0 Å². The number of aliphatic hydroxyl groups excluding tert-OH is 2. The summed E-state index contributed by atoms with van der Waals surface area (Å²) in [5, 5.41) is 29.6. The zero-order valence-electron chi connectivity index (χ0n) is 38.6. The topological polar surface area (TPSA) is 81.1 Å². The van der Waals surface area contributed by atoms with Crippen LogP contribution < -0.4 is 9.80 Å². The maximum Gasteiger partial charge on any atom is 0.200 e. The minimum Gasteiger partial charge on any atom is -0.506 e. The van der Waals surface area contributed by atoms with Crippen LogP contribution >= 0.6 is 23.5 Å². The summed E-state index contributed by atoms with van der Waals surface area (Å²) in [5.41, 5.74) is 12.4. The number of hydrogen-bond donors (Lipinski definition) is 2. The first-order valence-electron chi connectivity index (χ1n) is 23.0. The first-order chi connectivity index (χ1) is 31.6. The number of benzene rings is 5. The van der Waals surface area contributed by atoms with Crippen LogP contribution in [0.1, 0.15) is 89.5 Å². The van der Waals surface area contributed by atoms with Gasteiger partial charge in [0.1, 0.15) is 11.5 Å². The number of aliphatic hydroxyl groups is 2. The third-order valence-corrected chi connectivity index (χ3v) is 17.0. The Kier molecular flexibility index (Phi) is 9.74. The fourth-order valence-corrected chi connectivity index (χ4v) is 13.6. The second kappa shape index (κ2) is 15.2. The van der Waals surface area contributed by atoms with Crippen molar-refractivity contribution in [2.75, 3.05) is 23.9 Å². The molecule has 0 saturated heterocycles. The van der Waals surface area contributed by atoms with Crippen LogP contribution in [0.15, 0.2) is 174 Å². The molecule has 2 N–H and O–H groups in total. The highest BCUT2D eigenvalue weighted by atomic mass is 32.2. The number of allylic oxidation sites excluding steroid dienone is 12. The van der Waals surface area contributed by atoms with Crippen LogP contribution in [0.4, 0.5) is 11.4 Å². The number of Topliss-reactive ketones (excluding diaryl/α,β-unsaturated/α-hetero) is 2. The Morgan fingerprint density at radius 3 is 1.36 bits per heavy atom. The van der Waals surface area contributed by atoms with E-state index in [9.17, 15) is 19.8 Å². The molecule has 0 fully saturated rings. The van der Waals surface area contributed by atoms with E-state index in [0.717, 1.165) is 68.1 Å². The molecule has 2 aliphatic heterocycles. The van der Waals surface area contributed by atoms with Gasteiger partial charge < -0.3 is 20.0 Å². The monoisotopic (exact) mass is 904 g/mol. The van der Waals surface area contributed by atoms with Gasteiger partial charge in [0.25, 0.3) is 0 Å². The van der Waals surface area contributed by atoms with Gasteiger partial charge in [-0.3, -0.25) is 9.59 Å². The van der Waals surface area contributed by atoms with Crippen LogP contribution in [0.5, 0.6) is 0 Å². The standard InChI is InChI=1S/C58H52N2O4S2/c1-9-15-35-37-23-21-31-17-11-13-19-33(31)51(37)57(3,4)43(35)25-39-53(61)41(54(39)62)27-49-59(7)45-29-46-48(30-47(45)65-49)66-50(60(46)8)28-42-55(63)40(56(42)64)26-44-36(16-10-2)38-24-22-32-18-12-14-20-34(32)52(38)58(44,5)6/h11-14,17-30,61,63H,9-10,15-16H2,1-8H3. The highest BCUT2D eigenvalue weighted by Crippen LogP contribution is 2.57. The van der Waals surface area contributed by atoms with E-state index in [2.05, 4.69) is 136 Å². The van der Waals surface area contributed by atoms with E-state index in [1.54, 1.807) is 23.5 Å². The number of carbonyl (C=O) groups excluding carboxylic acids is 2. The first-order valence-corrected chi connectivity index (χ1v) is 24.7. The summed E-state index contributed by atoms with van der Waals surface area (Å²) in [6.07, 6.45) is 11.3. The zero-order valence-corrected chi connectivity index (χ0v) is 40.3. The average molecular weight is 905 g/mol. The first kappa shape index (κ1) is 42.4. The van der Waals surface area contributed by atoms with Gasteiger partial charge in [0.15, 0.2) is 0 Å². The molecule has 5 aromatic rings. The van der Waals surface area contributed by atoms with Crippen LogP contribution in [0.25, 0.3) is 32.7 Å². The van der Waals surface area contributed by atoms with E-state index in [1.165, 1.54) is 54.9 Å². The molecule has 66 heavy (non-hydrogen) atoms. The molecule has 4 aliphatic carbocycles. The number of carbonyl (C=O) groups is 2. The quantitative estimate of drug-likeness (QED) is 0.149. The van der Waals surface area contributed by atoms with E-state index >= 15 is 0 Å². The van der Waals surface area contributed by atoms with Crippen molar-refractivity contribution in [3.63, 3.8) is 0 Å². The number of thioether (sulfide) groups is 2. The smallest absolute Gasteiger partial charge is 0.200 e. The number of rotatable bonds is 8. The van der Waals surface area contributed by atoms with Crippen molar-refractivity contribution in [3.8, 4) is 0 Å². The summed E-state index contributed by atoms with van der Waals surface area (Å²) < 4.78 is 0. The molecule has 11 rings (SSSR count). The molecule has 6 aliphatic rings. The normalized spacial score (nSPS) is 21.7. The Labute approximate surface area is 395 Å². The molecule has 5 aromatic carbocycles. The van der Waals surface area contributed by atoms with Gasteiger partial charge in [-0.15, -0.1) is 0 Å². The van der Waals surface area contributed by atoms with E-state index in [1.807, 2.05) is 38.4 Å². The number of ketones is 2. The molecule has 0 radical (unpaired) electrons. The van der Waals surface area contributed by atoms with Crippen LogP contribution in [0.2, 0.25) is 0 Å². The van der Waals surface area contributed by atoms with Crippen molar-refractivity contribution >= 4 is 79.2 Å². The van der Waals surface area contributed by atoms with E-state index in [4.69, 9.17) is 0 Å². The minimum absolute atomic E-state index is 0.0369. The molecular formula is C58H52N2O4S2. The summed E-state index contributed by atoms with van der Waals surface area (Å²) in [4.78, 5) is 34.0. The van der Waals surface area contributed by atoms with Crippen LogP contribution in [0.3, 0.4) is 0 Å². The van der Waals surface area contributed by atoms with E-state index < -0.39 is 0 Å². The third kappa shape index (κ3) is 6.03. The molecule has 330 valence electrons. The van der Waals surface area contributed by atoms with Gasteiger partial charge in [-0.1, -0.05) is 151 Å². The van der Waals surface area contributed by atoms with Crippen molar-refractivity contribution in [2.45, 2.75) is 87.8 Å². The molecule has 0 bridgehead atoms. The maximum atomic E-state index is 13.9. The average Bonchev–Trinajstić information content (AvgIpc) is 3.94. The molecule has 0 aromatic heterocycles. The van der Waals surface area contributed by atoms with E-state index in [0.29, 0.717) is 22.3 Å². The van der Waals surface area contributed by atoms with Crippen LogP contribution in [0, 0.1) is 0 Å². The van der Waals surface area contributed by atoms with Gasteiger partial charge in [0.05, 0.1) is 43.7 Å². The van der Waals surface area contributed by atoms with Gasteiger partial charge >= 0.3 is 0 Å². The lowest BCUT2D eigenvalue weighted by Gasteiger charge is -2.27. The molecule has 6 nitrogen and oxygen atoms in total. The molecule has 0 unspecified atom stereocenters. The Bertz CT molecular complexity index is 3150. The lowest BCUT2D eigenvalue weighted by molar-refractivity contribution is -0.114. The molecule has 0 spiro atoms. The fourth-order valence-electron chi connectivity index (χ4n) is 11.3. The highest BCUT2D eigenvalue weighted by Gasteiger charge is 2.43. The zero-order chi connectivity index (χ0) is 46.1. The summed E-state index contributed by atoms with van der Waals surface area (Å²) in [6, 6.07) is 30.1. The van der Waals surface area contributed by atoms with Crippen LogP contribution in [-0.2, 0) is 20.4 Å². The largest absolute Gasteiger partial charge is 0.506 e. The Morgan fingerprint density at radius 1 is 0.561 bits per heavy atom. The van der Waals surface area contributed by atoms with Gasteiger partial charge in [-0.05, 0) is 115 Å². The van der Waals surface area contributed by atoms with Crippen molar-refractivity contribution in [3.05, 3.63) is 187 Å². The van der Waals surface area contributed by atoms with Crippen molar-refractivity contribution in [2.24, 2.45) is 0 Å². The molecule has 0 atom stereocenters. The number of fused-ring (bicyclic) bond motifs is 8. The predicted octanol–water partition coefficient (Wildman–Crippen LogP) is 14.5. The van der Waals surface area contributed by atoms with Gasteiger partial charge in [-0.25, -0.2) is 0 Å². The van der Waals surface area contributed by atoms with Gasteiger partial charge in [0, 0.05) is 34.7 Å². The third-order valence-electron chi connectivity index (χ3n) is 14.7. The number of nitrogens with zero attached hydrogens (tertiary/aromatic N) is 2. The lowest BCUT2D eigenvalue weighted by atomic mass is 9.76. The molecule has 0 amide bonds. The SMILES string of the molecule is CCCC1=C(C=C2C(=O)C(C=C3Sc4cc5c(cc4N3C)N(C)C(=CC3=C(O)C(=CC4=C(CCC)c6ccc7ccccc7c6C4(C)C)C3=O)S5)=C2O)C(C)(C)c2c1ccc1ccccc21. The highest BCUT2D eigenvalue weighted by molar-refractivity contribution is 8.04. The summed E-state index contributed by atoms with van der Waals surface area (Å²) in [5.74, 6) is -0.227. The maximum absolute atomic E-state index is 13.9. The molecule has 0 saturated carbocycles. The fraction of sp³-hybridized carbons (Fsp3) is 0.241. The van der Waals surface area contributed by atoms with Crippen molar-refractivity contribution in [1.29, 1.82) is 0 Å². The Hall–Kier alpha value is -6.22. The lowest BCUT2D eigenvalue weighted by Crippen LogP contribution is -2.24. The minimum atomic E-state index is -0.343. The number of hydrogen-bond acceptors (Lipinski definition) is 8. The van der Waals surface area contributed by atoms with E-state index in [-0.39, 0.29) is 33.9 Å².